The van der Waals surface area contributed by atoms with Crippen molar-refractivity contribution in [3.05, 3.63) is 29.8 Å². The van der Waals surface area contributed by atoms with Crippen molar-refractivity contribution in [2.45, 2.75) is 26.4 Å². The second-order valence-corrected chi connectivity index (χ2v) is 6.23. The summed E-state index contributed by atoms with van der Waals surface area (Å²) in [4.78, 5) is 23.3. The van der Waals surface area contributed by atoms with Crippen LogP contribution in [0.2, 0.25) is 0 Å². The Morgan fingerprint density at radius 1 is 1.08 bits per heavy atom. The molecule has 2 aromatic heterocycles. The van der Waals surface area contributed by atoms with Crippen molar-refractivity contribution in [1.29, 1.82) is 0 Å². The molecule has 1 aliphatic heterocycles. The van der Waals surface area contributed by atoms with E-state index in [-0.39, 0.29) is 13.1 Å². The molecule has 1 fully saturated rings. The minimum Gasteiger partial charge on any atom is -0.353 e. The zero-order valence-electron chi connectivity index (χ0n) is 14.5. The molecule has 140 valence electrons. The molecule has 0 bridgehead atoms. The van der Waals surface area contributed by atoms with Crippen molar-refractivity contribution in [3.8, 4) is 5.82 Å². The van der Waals surface area contributed by atoms with Crippen LogP contribution in [-0.2, 0) is 4.79 Å². The maximum atomic E-state index is 12.4. The number of rotatable bonds is 3. The fourth-order valence-corrected chi connectivity index (χ4v) is 2.96. The number of hydrogen-bond acceptors (Lipinski definition) is 5. The number of carbonyl (C=O) groups is 1. The number of amides is 1. The number of carbonyl (C=O) groups excluding carboxylic acids is 1. The Morgan fingerprint density at radius 3 is 2.31 bits per heavy atom. The highest BCUT2D eigenvalue weighted by Gasteiger charge is 2.34. The molecule has 0 radical (unpaired) electrons. The van der Waals surface area contributed by atoms with E-state index in [0.29, 0.717) is 24.7 Å². The number of aryl methyl sites for hydroxylation is 2. The Hall–Kier alpha value is -2.65. The van der Waals surface area contributed by atoms with E-state index in [4.69, 9.17) is 0 Å². The predicted molar refractivity (Wildman–Crippen MR) is 88.1 cm³/mol. The molecule has 0 aromatic carbocycles. The first-order chi connectivity index (χ1) is 12.2. The van der Waals surface area contributed by atoms with E-state index >= 15 is 0 Å². The molecule has 1 aliphatic rings. The van der Waals surface area contributed by atoms with Crippen LogP contribution in [0.1, 0.15) is 17.8 Å². The molecule has 0 aliphatic carbocycles. The summed E-state index contributed by atoms with van der Waals surface area (Å²) in [7, 11) is 0. The molecule has 3 rings (SSSR count). The molecule has 3 heterocycles. The molecule has 10 heteroatoms. The fourth-order valence-electron chi connectivity index (χ4n) is 2.96. The molecule has 1 saturated heterocycles. The largest absolute Gasteiger partial charge is 0.397 e. The van der Waals surface area contributed by atoms with E-state index in [9.17, 15) is 18.0 Å². The second kappa shape index (κ2) is 6.93. The van der Waals surface area contributed by atoms with Gasteiger partial charge in [0.25, 0.3) is 0 Å². The predicted octanol–water partition coefficient (Wildman–Crippen LogP) is 1.88. The molecule has 0 N–H and O–H groups in total. The van der Waals surface area contributed by atoms with Gasteiger partial charge in [-0.2, -0.15) is 18.3 Å². The highest BCUT2D eigenvalue weighted by Crippen LogP contribution is 2.22. The topological polar surface area (TPSA) is 67.2 Å². The number of aromatic nitrogens is 4. The molecule has 1 amide bonds. The van der Waals surface area contributed by atoms with Crippen LogP contribution in [-0.4, -0.2) is 62.9 Å². The molecule has 0 atom stereocenters. The van der Waals surface area contributed by atoms with Gasteiger partial charge in [-0.1, -0.05) is 0 Å². The van der Waals surface area contributed by atoms with Crippen LogP contribution in [0.15, 0.2) is 18.5 Å². The highest BCUT2D eigenvalue weighted by atomic mass is 19.4. The maximum Gasteiger partial charge on any atom is 0.397 e. The van der Waals surface area contributed by atoms with Crippen molar-refractivity contribution in [1.82, 2.24) is 24.6 Å². The minimum atomic E-state index is -4.48. The molecule has 0 spiro atoms. The van der Waals surface area contributed by atoms with Crippen molar-refractivity contribution in [2.24, 2.45) is 0 Å². The van der Waals surface area contributed by atoms with Crippen LogP contribution in [0.25, 0.3) is 5.82 Å². The summed E-state index contributed by atoms with van der Waals surface area (Å²) in [6.45, 7) is 5.10. The number of hydrogen-bond donors (Lipinski definition) is 0. The third-order valence-electron chi connectivity index (χ3n) is 4.17. The first kappa shape index (κ1) is 18.2. The first-order valence-corrected chi connectivity index (χ1v) is 8.18. The normalized spacial score (nSPS) is 15.4. The minimum absolute atomic E-state index is 0.230. The van der Waals surface area contributed by atoms with Crippen LogP contribution in [0, 0.1) is 13.8 Å². The van der Waals surface area contributed by atoms with Gasteiger partial charge in [0, 0.05) is 37.9 Å². The van der Waals surface area contributed by atoms with Crippen LogP contribution in [0.4, 0.5) is 19.0 Å². The van der Waals surface area contributed by atoms with E-state index in [1.54, 1.807) is 10.7 Å². The Kier molecular flexibility index (Phi) is 4.84. The van der Waals surface area contributed by atoms with Gasteiger partial charge in [-0.05, 0) is 19.9 Å². The van der Waals surface area contributed by atoms with Gasteiger partial charge in [0.2, 0.25) is 5.91 Å². The van der Waals surface area contributed by atoms with Gasteiger partial charge < -0.3 is 9.80 Å². The quantitative estimate of drug-likeness (QED) is 0.828. The average Bonchev–Trinajstić information content (AvgIpc) is 2.92. The lowest BCUT2D eigenvalue weighted by Gasteiger charge is -2.35. The molecular weight excluding hydrogens is 349 g/mol. The number of alkyl halides is 3. The standard InChI is InChI=1S/C16H19F3N6O/c1-11-7-12(2)25(22-11)14-8-13(20-10-21-14)23-3-5-24(6-4-23)15(26)9-16(17,18)19/h7-8,10H,3-6,9H2,1-2H3. The lowest BCUT2D eigenvalue weighted by Crippen LogP contribution is -2.49. The Bertz CT molecular complexity index is 796. The zero-order chi connectivity index (χ0) is 18.9. The lowest BCUT2D eigenvalue weighted by molar-refractivity contribution is -0.161. The van der Waals surface area contributed by atoms with Crippen molar-refractivity contribution >= 4 is 11.7 Å². The SMILES string of the molecule is Cc1cc(C)n(-c2cc(N3CCN(C(=O)CC(F)(F)F)CC3)ncn2)n1. The van der Waals surface area contributed by atoms with Gasteiger partial charge in [0.05, 0.1) is 5.69 Å². The second-order valence-electron chi connectivity index (χ2n) is 6.23. The van der Waals surface area contributed by atoms with E-state index in [1.807, 2.05) is 24.8 Å². The van der Waals surface area contributed by atoms with Crippen LogP contribution < -0.4 is 4.90 Å². The summed E-state index contributed by atoms with van der Waals surface area (Å²) >= 11 is 0. The highest BCUT2D eigenvalue weighted by molar-refractivity contribution is 5.77. The first-order valence-electron chi connectivity index (χ1n) is 8.18. The van der Waals surface area contributed by atoms with Gasteiger partial charge in [-0.15, -0.1) is 0 Å². The van der Waals surface area contributed by atoms with Gasteiger partial charge in [-0.3, -0.25) is 4.79 Å². The lowest BCUT2D eigenvalue weighted by atomic mass is 10.2. The molecule has 0 saturated carbocycles. The summed E-state index contributed by atoms with van der Waals surface area (Å²) in [6.07, 6.45) is -4.46. The van der Waals surface area contributed by atoms with Crippen LogP contribution in [0.3, 0.4) is 0 Å². The van der Waals surface area contributed by atoms with Gasteiger partial charge >= 0.3 is 6.18 Å². The Balaban J connectivity index is 1.68. The van der Waals surface area contributed by atoms with Gasteiger partial charge in [0.15, 0.2) is 5.82 Å². The number of piperazine rings is 1. The van der Waals surface area contributed by atoms with Crippen molar-refractivity contribution < 1.29 is 18.0 Å². The molecule has 2 aromatic rings. The monoisotopic (exact) mass is 368 g/mol. The van der Waals surface area contributed by atoms with E-state index in [2.05, 4.69) is 15.1 Å². The maximum absolute atomic E-state index is 12.4. The number of halogens is 3. The fraction of sp³-hybridized carbons (Fsp3) is 0.500. The zero-order valence-corrected chi connectivity index (χ0v) is 14.5. The van der Waals surface area contributed by atoms with Crippen molar-refractivity contribution in [3.63, 3.8) is 0 Å². The molecule has 7 nitrogen and oxygen atoms in total. The average molecular weight is 368 g/mol. The van der Waals surface area contributed by atoms with Gasteiger partial charge in [0.1, 0.15) is 18.6 Å². The summed E-state index contributed by atoms with van der Waals surface area (Å²) in [6, 6.07) is 3.72. The summed E-state index contributed by atoms with van der Waals surface area (Å²) < 4.78 is 38.8. The molecular formula is C16H19F3N6O. The van der Waals surface area contributed by atoms with Crippen LogP contribution >= 0.6 is 0 Å². The summed E-state index contributed by atoms with van der Waals surface area (Å²) in [5.74, 6) is 0.393. The molecule has 0 unspecified atom stereocenters. The Morgan fingerprint density at radius 2 is 1.73 bits per heavy atom. The number of anilines is 1. The molecule has 26 heavy (non-hydrogen) atoms. The van der Waals surface area contributed by atoms with Crippen molar-refractivity contribution in [2.75, 3.05) is 31.1 Å². The van der Waals surface area contributed by atoms with Gasteiger partial charge in [-0.25, -0.2) is 14.6 Å². The van der Waals surface area contributed by atoms with E-state index < -0.39 is 18.5 Å². The summed E-state index contributed by atoms with van der Waals surface area (Å²) in [5.41, 5.74) is 1.81. The third kappa shape index (κ3) is 4.12. The third-order valence-corrected chi connectivity index (χ3v) is 4.17. The van der Waals surface area contributed by atoms with E-state index in [1.165, 1.54) is 11.2 Å². The smallest absolute Gasteiger partial charge is 0.353 e. The van der Waals surface area contributed by atoms with Crippen LogP contribution in [0.5, 0.6) is 0 Å². The number of nitrogens with zero attached hydrogens (tertiary/aromatic N) is 6. The summed E-state index contributed by atoms with van der Waals surface area (Å²) in [5, 5.41) is 4.38. The van der Waals surface area contributed by atoms with E-state index in [0.717, 1.165) is 11.4 Å². The Labute approximate surface area is 148 Å².